The molecule has 2 rings (SSSR count). The number of carbonyl (C=O) groups is 1. The van der Waals surface area contributed by atoms with Crippen LogP contribution in [0.3, 0.4) is 0 Å². The van der Waals surface area contributed by atoms with Crippen molar-refractivity contribution in [1.29, 1.82) is 0 Å². The first-order valence-electron chi connectivity index (χ1n) is 6.59. The van der Waals surface area contributed by atoms with Crippen molar-refractivity contribution in [3.63, 3.8) is 0 Å². The lowest BCUT2D eigenvalue weighted by atomic mass is 10.0. The van der Waals surface area contributed by atoms with Crippen LogP contribution in [0.4, 0.5) is 0 Å². The van der Waals surface area contributed by atoms with Crippen molar-refractivity contribution in [2.24, 2.45) is 0 Å². The van der Waals surface area contributed by atoms with Crippen molar-refractivity contribution in [3.05, 3.63) is 42.1 Å². The number of fused-ring (bicyclic) bond motifs is 1. The van der Waals surface area contributed by atoms with E-state index in [1.54, 1.807) is 6.20 Å². The number of benzene rings is 1. The SMILES string of the molecule is CC(C)(C)NC(=O)CCc1ccc2ncccc2c1. The minimum absolute atomic E-state index is 0.0961. The van der Waals surface area contributed by atoms with Crippen LogP contribution in [0.25, 0.3) is 10.9 Å². The number of pyridine rings is 1. The molecular formula is C16H20N2O. The Hall–Kier alpha value is -1.90. The monoisotopic (exact) mass is 256 g/mol. The van der Waals surface area contributed by atoms with Gasteiger partial charge in [-0.2, -0.15) is 0 Å². The number of amides is 1. The fraction of sp³-hybridized carbons (Fsp3) is 0.375. The van der Waals surface area contributed by atoms with E-state index in [1.807, 2.05) is 45.0 Å². The van der Waals surface area contributed by atoms with Crippen molar-refractivity contribution < 1.29 is 4.79 Å². The number of aryl methyl sites for hydroxylation is 1. The molecule has 0 aliphatic heterocycles. The van der Waals surface area contributed by atoms with Gasteiger partial charge in [0.1, 0.15) is 0 Å². The summed E-state index contributed by atoms with van der Waals surface area (Å²) in [6.07, 6.45) is 3.06. The number of nitrogens with zero attached hydrogens (tertiary/aromatic N) is 1. The highest BCUT2D eigenvalue weighted by Gasteiger charge is 2.13. The molecule has 3 heteroatoms. The molecule has 100 valence electrons. The molecule has 0 unspecified atom stereocenters. The van der Waals surface area contributed by atoms with Gasteiger partial charge in [0.25, 0.3) is 0 Å². The highest BCUT2D eigenvalue weighted by Crippen LogP contribution is 2.14. The van der Waals surface area contributed by atoms with E-state index in [0.717, 1.165) is 17.3 Å². The molecule has 19 heavy (non-hydrogen) atoms. The number of hydrogen-bond donors (Lipinski definition) is 1. The summed E-state index contributed by atoms with van der Waals surface area (Å²) in [4.78, 5) is 16.1. The van der Waals surface area contributed by atoms with Gasteiger partial charge in [0, 0.05) is 23.5 Å². The molecule has 1 N–H and O–H groups in total. The fourth-order valence-corrected chi connectivity index (χ4v) is 2.02. The summed E-state index contributed by atoms with van der Waals surface area (Å²) >= 11 is 0. The summed E-state index contributed by atoms with van der Waals surface area (Å²) in [5, 5.41) is 4.10. The normalized spacial score (nSPS) is 11.5. The van der Waals surface area contributed by atoms with E-state index in [9.17, 15) is 4.79 Å². The van der Waals surface area contributed by atoms with Gasteiger partial charge in [-0.15, -0.1) is 0 Å². The molecule has 1 aromatic heterocycles. The zero-order chi connectivity index (χ0) is 13.9. The van der Waals surface area contributed by atoms with Gasteiger partial charge in [-0.25, -0.2) is 0 Å². The van der Waals surface area contributed by atoms with Crippen molar-refractivity contribution in [2.45, 2.75) is 39.2 Å². The number of hydrogen-bond acceptors (Lipinski definition) is 2. The van der Waals surface area contributed by atoms with E-state index in [-0.39, 0.29) is 11.4 Å². The maximum Gasteiger partial charge on any atom is 0.220 e. The van der Waals surface area contributed by atoms with Gasteiger partial charge >= 0.3 is 0 Å². The van der Waals surface area contributed by atoms with Gasteiger partial charge in [0.2, 0.25) is 5.91 Å². The maximum absolute atomic E-state index is 11.8. The molecule has 1 aromatic carbocycles. The zero-order valence-corrected chi connectivity index (χ0v) is 11.7. The van der Waals surface area contributed by atoms with Gasteiger partial charge in [-0.05, 0) is 51.0 Å². The predicted molar refractivity (Wildman–Crippen MR) is 78.0 cm³/mol. The molecule has 0 fully saturated rings. The van der Waals surface area contributed by atoms with E-state index < -0.39 is 0 Å². The number of carbonyl (C=O) groups excluding carboxylic acids is 1. The molecule has 0 bridgehead atoms. The second-order valence-electron chi connectivity index (χ2n) is 5.83. The van der Waals surface area contributed by atoms with Gasteiger partial charge in [0.15, 0.2) is 0 Å². The highest BCUT2D eigenvalue weighted by atomic mass is 16.1. The lowest BCUT2D eigenvalue weighted by Gasteiger charge is -2.20. The molecule has 1 amide bonds. The summed E-state index contributed by atoms with van der Waals surface area (Å²) in [5.41, 5.74) is 2.00. The average molecular weight is 256 g/mol. The Kier molecular flexibility index (Phi) is 3.84. The van der Waals surface area contributed by atoms with E-state index in [1.165, 1.54) is 5.56 Å². The molecule has 0 aliphatic rings. The Morgan fingerprint density at radius 1 is 1.26 bits per heavy atom. The Bertz CT molecular complexity index is 585. The third kappa shape index (κ3) is 4.05. The number of nitrogens with one attached hydrogen (secondary N) is 1. The Labute approximate surface area is 114 Å². The molecule has 1 heterocycles. The van der Waals surface area contributed by atoms with Crippen LogP contribution in [-0.4, -0.2) is 16.4 Å². The van der Waals surface area contributed by atoms with Crippen LogP contribution in [0.5, 0.6) is 0 Å². The van der Waals surface area contributed by atoms with Gasteiger partial charge in [-0.3, -0.25) is 9.78 Å². The van der Waals surface area contributed by atoms with Crippen molar-refractivity contribution in [2.75, 3.05) is 0 Å². The Balaban J connectivity index is 2.00. The molecule has 0 atom stereocenters. The van der Waals surface area contributed by atoms with Gasteiger partial charge in [0.05, 0.1) is 5.52 Å². The second-order valence-corrected chi connectivity index (χ2v) is 5.83. The van der Waals surface area contributed by atoms with Crippen molar-refractivity contribution in [1.82, 2.24) is 10.3 Å². The van der Waals surface area contributed by atoms with Crippen LogP contribution < -0.4 is 5.32 Å². The Morgan fingerprint density at radius 3 is 2.79 bits per heavy atom. The second kappa shape index (κ2) is 5.39. The number of aromatic nitrogens is 1. The van der Waals surface area contributed by atoms with E-state index in [2.05, 4.69) is 16.4 Å². The summed E-state index contributed by atoms with van der Waals surface area (Å²) in [7, 11) is 0. The minimum atomic E-state index is -0.162. The highest BCUT2D eigenvalue weighted by molar-refractivity contribution is 5.80. The third-order valence-electron chi connectivity index (χ3n) is 2.82. The van der Waals surface area contributed by atoms with E-state index in [0.29, 0.717) is 6.42 Å². The van der Waals surface area contributed by atoms with Crippen LogP contribution in [0.2, 0.25) is 0 Å². The lowest BCUT2D eigenvalue weighted by Crippen LogP contribution is -2.40. The summed E-state index contributed by atoms with van der Waals surface area (Å²) in [5.74, 6) is 0.0961. The largest absolute Gasteiger partial charge is 0.351 e. The summed E-state index contributed by atoms with van der Waals surface area (Å²) < 4.78 is 0. The van der Waals surface area contributed by atoms with Crippen molar-refractivity contribution >= 4 is 16.8 Å². The van der Waals surface area contributed by atoms with E-state index >= 15 is 0 Å². The molecule has 3 nitrogen and oxygen atoms in total. The fourth-order valence-electron chi connectivity index (χ4n) is 2.02. The first-order chi connectivity index (χ1) is 8.94. The summed E-state index contributed by atoms with van der Waals surface area (Å²) in [6, 6.07) is 10.1. The molecule has 0 radical (unpaired) electrons. The van der Waals surface area contributed by atoms with Crippen LogP contribution in [0, 0.1) is 0 Å². The topological polar surface area (TPSA) is 42.0 Å². The van der Waals surface area contributed by atoms with Gasteiger partial charge < -0.3 is 5.32 Å². The van der Waals surface area contributed by atoms with Crippen LogP contribution in [0.15, 0.2) is 36.5 Å². The molecule has 0 spiro atoms. The molecule has 2 aromatic rings. The first-order valence-corrected chi connectivity index (χ1v) is 6.59. The zero-order valence-electron chi connectivity index (χ0n) is 11.7. The van der Waals surface area contributed by atoms with E-state index in [4.69, 9.17) is 0 Å². The smallest absolute Gasteiger partial charge is 0.220 e. The van der Waals surface area contributed by atoms with Crippen LogP contribution in [0.1, 0.15) is 32.8 Å². The standard InChI is InChI=1S/C16H20N2O/c1-16(2,3)18-15(19)9-7-12-6-8-14-13(11-12)5-4-10-17-14/h4-6,8,10-11H,7,9H2,1-3H3,(H,18,19). The molecule has 0 saturated heterocycles. The van der Waals surface area contributed by atoms with Gasteiger partial charge in [-0.1, -0.05) is 12.1 Å². The third-order valence-corrected chi connectivity index (χ3v) is 2.82. The molecule has 0 saturated carbocycles. The first kappa shape index (κ1) is 13.5. The lowest BCUT2D eigenvalue weighted by molar-refractivity contribution is -0.122. The van der Waals surface area contributed by atoms with Crippen LogP contribution in [-0.2, 0) is 11.2 Å². The predicted octanol–water partition coefficient (Wildman–Crippen LogP) is 3.08. The quantitative estimate of drug-likeness (QED) is 0.917. The van der Waals surface area contributed by atoms with Crippen molar-refractivity contribution in [3.8, 4) is 0 Å². The molecular weight excluding hydrogens is 236 g/mol. The average Bonchev–Trinajstić information content (AvgIpc) is 2.34. The number of rotatable bonds is 3. The minimum Gasteiger partial charge on any atom is -0.351 e. The molecule has 0 aliphatic carbocycles. The summed E-state index contributed by atoms with van der Waals surface area (Å²) in [6.45, 7) is 5.98. The maximum atomic E-state index is 11.8. The Morgan fingerprint density at radius 2 is 2.05 bits per heavy atom. The van der Waals surface area contributed by atoms with Crippen LogP contribution >= 0.6 is 0 Å².